The molecule has 0 radical (unpaired) electrons. The quantitative estimate of drug-likeness (QED) is 0.654. The summed E-state index contributed by atoms with van der Waals surface area (Å²) < 4.78 is 50.9. The topological polar surface area (TPSA) is 68.5 Å². The number of dihydropyridines is 1. The Morgan fingerprint density at radius 1 is 1.22 bits per heavy atom. The van der Waals surface area contributed by atoms with Crippen LogP contribution in [0.5, 0.6) is 0 Å². The van der Waals surface area contributed by atoms with E-state index in [1.165, 1.54) is 18.4 Å². The van der Waals surface area contributed by atoms with Gasteiger partial charge in [-0.25, -0.2) is 4.79 Å². The van der Waals surface area contributed by atoms with Crippen molar-refractivity contribution in [1.29, 1.82) is 0 Å². The van der Waals surface area contributed by atoms with Crippen LogP contribution in [0.3, 0.4) is 0 Å². The van der Waals surface area contributed by atoms with Crippen molar-refractivity contribution in [3.8, 4) is 0 Å². The SMILES string of the molecule is CCOC(=O)C1=C(C)NC2=C(C(=O)C[C@H](c3ccco3)C2)[C@H]1c1cccc(C(F)(F)F)c1. The average Bonchev–Trinajstić information content (AvgIpc) is 3.27. The van der Waals surface area contributed by atoms with Crippen molar-refractivity contribution in [3.63, 3.8) is 0 Å². The van der Waals surface area contributed by atoms with Crippen molar-refractivity contribution in [2.24, 2.45) is 0 Å². The Labute approximate surface area is 182 Å². The van der Waals surface area contributed by atoms with E-state index in [-0.39, 0.29) is 35.9 Å². The summed E-state index contributed by atoms with van der Waals surface area (Å²) in [6.07, 6.45) is -2.44. The fourth-order valence-electron chi connectivity index (χ4n) is 4.47. The van der Waals surface area contributed by atoms with Crippen molar-refractivity contribution < 1.29 is 31.9 Å². The van der Waals surface area contributed by atoms with Gasteiger partial charge in [0.1, 0.15) is 5.76 Å². The van der Waals surface area contributed by atoms with Gasteiger partial charge in [0.2, 0.25) is 0 Å². The zero-order valence-corrected chi connectivity index (χ0v) is 17.6. The third kappa shape index (κ3) is 3.97. The molecule has 2 aromatic rings. The fourth-order valence-corrected chi connectivity index (χ4v) is 4.47. The second kappa shape index (κ2) is 8.33. The number of benzene rings is 1. The summed E-state index contributed by atoms with van der Waals surface area (Å²) in [5.74, 6) is -1.37. The van der Waals surface area contributed by atoms with Gasteiger partial charge in [-0.1, -0.05) is 18.2 Å². The molecule has 1 N–H and O–H groups in total. The second-order valence-electron chi connectivity index (χ2n) is 7.88. The Balaban J connectivity index is 1.84. The Bertz CT molecular complexity index is 1110. The highest BCUT2D eigenvalue weighted by Crippen LogP contribution is 2.46. The lowest BCUT2D eigenvalue weighted by Gasteiger charge is -2.36. The van der Waals surface area contributed by atoms with Gasteiger partial charge in [-0.3, -0.25) is 4.79 Å². The summed E-state index contributed by atoms with van der Waals surface area (Å²) in [5.41, 5.74) is 0.887. The van der Waals surface area contributed by atoms with Gasteiger partial charge >= 0.3 is 12.1 Å². The predicted octanol–water partition coefficient (Wildman–Crippen LogP) is 5.22. The van der Waals surface area contributed by atoms with Gasteiger partial charge in [-0.15, -0.1) is 0 Å². The minimum atomic E-state index is -4.55. The maximum absolute atomic E-state index is 13.4. The van der Waals surface area contributed by atoms with E-state index in [0.29, 0.717) is 29.1 Å². The maximum atomic E-state index is 13.4. The van der Waals surface area contributed by atoms with Gasteiger partial charge < -0.3 is 14.5 Å². The normalized spacial score (nSPS) is 21.3. The number of hydrogen-bond donors (Lipinski definition) is 1. The van der Waals surface area contributed by atoms with Crippen LogP contribution in [0.25, 0.3) is 0 Å². The molecule has 2 atom stereocenters. The molecule has 2 heterocycles. The Kier molecular flexibility index (Phi) is 5.71. The van der Waals surface area contributed by atoms with Crippen molar-refractivity contribution >= 4 is 11.8 Å². The lowest BCUT2D eigenvalue weighted by Crippen LogP contribution is -2.36. The van der Waals surface area contributed by atoms with E-state index < -0.39 is 23.6 Å². The molecule has 0 saturated heterocycles. The predicted molar refractivity (Wildman–Crippen MR) is 109 cm³/mol. The molecule has 0 amide bonds. The molecular weight excluding hydrogens is 423 g/mol. The number of alkyl halides is 3. The van der Waals surface area contributed by atoms with Crippen LogP contribution in [-0.4, -0.2) is 18.4 Å². The molecule has 0 spiro atoms. The summed E-state index contributed by atoms with van der Waals surface area (Å²) in [6.45, 7) is 3.41. The first kappa shape index (κ1) is 21.9. The number of Topliss-reactive ketones (excluding diaryl/α,β-unsaturated/α-hetero) is 1. The van der Waals surface area contributed by atoms with Crippen molar-refractivity contribution in [3.05, 3.63) is 82.1 Å². The molecule has 1 aromatic carbocycles. The van der Waals surface area contributed by atoms with Gasteiger partial charge in [0.05, 0.1) is 24.0 Å². The van der Waals surface area contributed by atoms with E-state index in [9.17, 15) is 22.8 Å². The van der Waals surface area contributed by atoms with Gasteiger partial charge in [0.15, 0.2) is 5.78 Å². The number of ketones is 1. The molecule has 0 saturated carbocycles. The number of furan rings is 1. The van der Waals surface area contributed by atoms with Crippen LogP contribution < -0.4 is 5.32 Å². The monoisotopic (exact) mass is 445 g/mol. The number of ether oxygens (including phenoxy) is 1. The summed E-state index contributed by atoms with van der Waals surface area (Å²) in [7, 11) is 0. The molecule has 32 heavy (non-hydrogen) atoms. The maximum Gasteiger partial charge on any atom is 0.416 e. The molecule has 0 fully saturated rings. The van der Waals surface area contributed by atoms with Crippen LogP contribution in [0.15, 0.2) is 69.6 Å². The average molecular weight is 445 g/mol. The molecule has 1 aliphatic heterocycles. The van der Waals surface area contributed by atoms with Crippen molar-refractivity contribution in [1.82, 2.24) is 5.32 Å². The lowest BCUT2D eigenvalue weighted by atomic mass is 9.72. The number of nitrogens with one attached hydrogen (secondary N) is 1. The molecule has 0 unspecified atom stereocenters. The van der Waals surface area contributed by atoms with E-state index in [2.05, 4.69) is 5.32 Å². The summed E-state index contributed by atoms with van der Waals surface area (Å²) in [6, 6.07) is 8.30. The van der Waals surface area contributed by atoms with E-state index in [0.717, 1.165) is 12.1 Å². The van der Waals surface area contributed by atoms with E-state index in [1.807, 2.05) is 0 Å². The third-order valence-electron chi connectivity index (χ3n) is 5.82. The lowest BCUT2D eigenvalue weighted by molar-refractivity contribution is -0.139. The molecule has 8 heteroatoms. The number of esters is 1. The largest absolute Gasteiger partial charge is 0.469 e. The van der Waals surface area contributed by atoms with Crippen LogP contribution in [0.4, 0.5) is 13.2 Å². The highest BCUT2D eigenvalue weighted by molar-refractivity contribution is 6.04. The van der Waals surface area contributed by atoms with Gasteiger partial charge in [-0.2, -0.15) is 13.2 Å². The standard InChI is InChI=1S/C24H22F3NO4/c1-3-31-23(30)20-13(2)28-17-11-15(19-8-5-9-32-19)12-18(29)22(17)21(20)14-6-4-7-16(10-14)24(25,26)27/h4-10,15,21,28H,3,11-12H2,1-2H3/t15-,21+/m1/s1. The Morgan fingerprint density at radius 2 is 2.00 bits per heavy atom. The molecule has 2 aliphatic rings. The minimum Gasteiger partial charge on any atom is -0.469 e. The second-order valence-corrected chi connectivity index (χ2v) is 7.88. The van der Waals surface area contributed by atoms with Crippen LogP contribution in [0, 0.1) is 0 Å². The number of carbonyl (C=O) groups excluding carboxylic acids is 2. The van der Waals surface area contributed by atoms with Crippen molar-refractivity contribution in [2.45, 2.75) is 44.7 Å². The van der Waals surface area contributed by atoms with E-state index in [4.69, 9.17) is 9.15 Å². The highest BCUT2D eigenvalue weighted by atomic mass is 19.4. The Hall–Kier alpha value is -3.29. The van der Waals surface area contributed by atoms with Crippen molar-refractivity contribution in [2.75, 3.05) is 6.61 Å². The molecule has 168 valence electrons. The first-order chi connectivity index (χ1) is 15.2. The first-order valence-corrected chi connectivity index (χ1v) is 10.3. The third-order valence-corrected chi connectivity index (χ3v) is 5.82. The molecule has 5 nitrogen and oxygen atoms in total. The molecule has 1 aromatic heterocycles. The van der Waals surface area contributed by atoms with Gasteiger partial charge in [-0.05, 0) is 44.0 Å². The Morgan fingerprint density at radius 3 is 2.66 bits per heavy atom. The number of halogens is 3. The van der Waals surface area contributed by atoms with Crippen LogP contribution in [0.1, 0.15) is 55.4 Å². The van der Waals surface area contributed by atoms with Crippen LogP contribution >= 0.6 is 0 Å². The number of allylic oxidation sites excluding steroid dienone is 3. The number of carbonyl (C=O) groups is 2. The molecule has 4 rings (SSSR count). The minimum absolute atomic E-state index is 0.103. The zero-order valence-electron chi connectivity index (χ0n) is 17.6. The fraction of sp³-hybridized carbons (Fsp3) is 0.333. The molecule has 1 aliphatic carbocycles. The van der Waals surface area contributed by atoms with E-state index in [1.54, 1.807) is 26.0 Å². The summed E-state index contributed by atoms with van der Waals surface area (Å²) in [4.78, 5) is 26.1. The van der Waals surface area contributed by atoms with Gasteiger partial charge in [0.25, 0.3) is 0 Å². The van der Waals surface area contributed by atoms with Gasteiger partial charge in [0, 0.05) is 35.2 Å². The molecular formula is C24H22F3NO4. The number of rotatable bonds is 4. The summed E-state index contributed by atoms with van der Waals surface area (Å²) in [5, 5.41) is 3.15. The van der Waals surface area contributed by atoms with E-state index >= 15 is 0 Å². The highest BCUT2D eigenvalue weighted by Gasteiger charge is 2.42. The van der Waals surface area contributed by atoms with Crippen LogP contribution in [0.2, 0.25) is 0 Å². The zero-order chi connectivity index (χ0) is 23.0. The molecule has 0 bridgehead atoms. The van der Waals surface area contributed by atoms with Crippen LogP contribution in [-0.2, 0) is 20.5 Å². The number of hydrogen-bond acceptors (Lipinski definition) is 5. The first-order valence-electron chi connectivity index (χ1n) is 10.3. The summed E-state index contributed by atoms with van der Waals surface area (Å²) >= 11 is 0. The smallest absolute Gasteiger partial charge is 0.416 e.